The minimum absolute atomic E-state index is 0.0592. The normalized spacial score (nSPS) is 15.3. The summed E-state index contributed by atoms with van der Waals surface area (Å²) in [5, 5.41) is 10.9. The molecule has 22 heavy (non-hydrogen) atoms. The highest BCUT2D eigenvalue weighted by Gasteiger charge is 2.16. The van der Waals surface area contributed by atoms with Gasteiger partial charge in [-0.25, -0.2) is 5.10 Å². The highest BCUT2D eigenvalue weighted by atomic mass is 16.1. The molecule has 1 saturated carbocycles. The molecular weight excluding hydrogens is 278 g/mol. The number of amides is 1. The third kappa shape index (κ3) is 3.35. The van der Waals surface area contributed by atoms with E-state index in [-0.39, 0.29) is 11.5 Å². The largest absolute Gasteiger partial charge is 0.350 e. The zero-order chi connectivity index (χ0) is 15.4. The molecule has 1 aliphatic carbocycles. The van der Waals surface area contributed by atoms with Gasteiger partial charge in [-0.15, -0.1) is 0 Å². The lowest BCUT2D eigenvalue weighted by Crippen LogP contribution is -2.24. The van der Waals surface area contributed by atoms with E-state index in [1.807, 2.05) is 18.2 Å². The van der Waals surface area contributed by atoms with E-state index >= 15 is 0 Å². The monoisotopic (exact) mass is 299 g/mol. The maximum atomic E-state index is 12.0. The maximum Gasteiger partial charge on any atom is 0.272 e. The summed E-state index contributed by atoms with van der Waals surface area (Å²) in [6, 6.07) is 7.31. The van der Waals surface area contributed by atoms with Gasteiger partial charge in [0.15, 0.2) is 0 Å². The molecular formula is C17H21N3O2. The summed E-state index contributed by atoms with van der Waals surface area (Å²) in [6.45, 7) is 0.348. The van der Waals surface area contributed by atoms with Crippen molar-refractivity contribution in [1.82, 2.24) is 15.5 Å². The highest BCUT2D eigenvalue weighted by molar-refractivity contribution is 5.84. The number of H-pyrrole nitrogens is 1. The third-order valence-corrected chi connectivity index (χ3v) is 4.48. The van der Waals surface area contributed by atoms with Crippen LogP contribution in [-0.2, 0) is 11.3 Å². The molecule has 0 bridgehead atoms. The predicted molar refractivity (Wildman–Crippen MR) is 85.4 cm³/mol. The number of rotatable bonds is 5. The molecule has 2 N–H and O–H groups in total. The average Bonchev–Trinajstić information content (AvgIpc) is 3.06. The predicted octanol–water partition coefficient (Wildman–Crippen LogP) is 2.51. The lowest BCUT2D eigenvalue weighted by atomic mass is 10.0. The molecule has 116 valence electrons. The Balaban J connectivity index is 1.60. The molecule has 1 aromatic carbocycles. The molecule has 1 heterocycles. The topological polar surface area (TPSA) is 74.8 Å². The number of hydrogen-bond donors (Lipinski definition) is 2. The fourth-order valence-electron chi connectivity index (χ4n) is 3.21. The van der Waals surface area contributed by atoms with E-state index in [9.17, 15) is 9.59 Å². The fraction of sp³-hybridized carbons (Fsp3) is 0.471. The Morgan fingerprint density at radius 3 is 2.73 bits per heavy atom. The molecule has 0 unspecified atom stereocenters. The Morgan fingerprint density at radius 1 is 1.23 bits per heavy atom. The number of nitrogens with one attached hydrogen (secondary N) is 2. The Bertz CT molecular complexity index is 717. The number of benzene rings is 1. The smallest absolute Gasteiger partial charge is 0.272 e. The lowest BCUT2D eigenvalue weighted by molar-refractivity contribution is -0.121. The van der Waals surface area contributed by atoms with Crippen LogP contribution in [0.1, 0.15) is 44.2 Å². The second kappa shape index (κ2) is 6.73. The van der Waals surface area contributed by atoms with Gasteiger partial charge in [-0.2, -0.15) is 5.10 Å². The number of aromatic amines is 1. The first-order valence-corrected chi connectivity index (χ1v) is 7.97. The van der Waals surface area contributed by atoms with Crippen LogP contribution in [0.3, 0.4) is 0 Å². The molecule has 1 fully saturated rings. The van der Waals surface area contributed by atoms with Gasteiger partial charge in [0.2, 0.25) is 5.91 Å². The van der Waals surface area contributed by atoms with Crippen LogP contribution in [0, 0.1) is 5.92 Å². The van der Waals surface area contributed by atoms with Gasteiger partial charge in [0.05, 0.1) is 17.6 Å². The van der Waals surface area contributed by atoms with Crippen molar-refractivity contribution in [3.05, 3.63) is 40.3 Å². The number of carbonyl (C=O) groups is 1. The highest BCUT2D eigenvalue weighted by Crippen LogP contribution is 2.28. The van der Waals surface area contributed by atoms with Crippen molar-refractivity contribution in [2.75, 3.05) is 0 Å². The molecule has 0 radical (unpaired) electrons. The van der Waals surface area contributed by atoms with Gasteiger partial charge in [0.1, 0.15) is 0 Å². The molecule has 1 aliphatic rings. The van der Waals surface area contributed by atoms with Crippen LogP contribution in [0.5, 0.6) is 0 Å². The van der Waals surface area contributed by atoms with Gasteiger partial charge in [-0.1, -0.05) is 43.9 Å². The van der Waals surface area contributed by atoms with Crippen molar-refractivity contribution in [2.45, 2.75) is 45.1 Å². The van der Waals surface area contributed by atoms with Crippen LogP contribution < -0.4 is 10.9 Å². The number of aromatic nitrogens is 2. The van der Waals surface area contributed by atoms with E-state index in [0.717, 1.165) is 17.7 Å². The standard InChI is InChI=1S/C17H21N3O2/c21-16(10-9-12-5-1-2-6-12)18-11-15-13-7-3-4-8-14(13)17(22)20-19-15/h3-4,7-8,12H,1-2,5-6,9-11H2,(H,18,21)(H,20,22). The minimum atomic E-state index is -0.202. The molecule has 0 spiro atoms. The molecule has 2 aromatic rings. The Labute approximate surface area is 129 Å². The van der Waals surface area contributed by atoms with Crippen LogP contribution in [0.25, 0.3) is 10.8 Å². The summed E-state index contributed by atoms with van der Waals surface area (Å²) in [6.07, 6.45) is 6.69. The molecule has 0 aliphatic heterocycles. The van der Waals surface area contributed by atoms with E-state index in [0.29, 0.717) is 24.0 Å². The lowest BCUT2D eigenvalue weighted by Gasteiger charge is -2.09. The second-order valence-electron chi connectivity index (χ2n) is 6.01. The van der Waals surface area contributed by atoms with Crippen molar-refractivity contribution >= 4 is 16.7 Å². The first-order valence-electron chi connectivity index (χ1n) is 7.97. The molecule has 5 nitrogen and oxygen atoms in total. The summed E-state index contributed by atoms with van der Waals surface area (Å²) in [5.41, 5.74) is 0.497. The number of hydrogen-bond acceptors (Lipinski definition) is 3. The number of nitrogens with zero attached hydrogens (tertiary/aromatic N) is 1. The van der Waals surface area contributed by atoms with Gasteiger partial charge >= 0.3 is 0 Å². The molecule has 5 heteroatoms. The summed E-state index contributed by atoms with van der Waals surface area (Å²) in [7, 11) is 0. The van der Waals surface area contributed by atoms with Crippen molar-refractivity contribution in [3.8, 4) is 0 Å². The minimum Gasteiger partial charge on any atom is -0.350 e. The van der Waals surface area contributed by atoms with E-state index in [1.165, 1.54) is 25.7 Å². The van der Waals surface area contributed by atoms with Crippen LogP contribution in [0.4, 0.5) is 0 Å². The zero-order valence-corrected chi connectivity index (χ0v) is 12.6. The first-order chi connectivity index (χ1) is 10.7. The molecule has 1 amide bonds. The SMILES string of the molecule is O=C(CCC1CCCC1)NCc1n[nH]c(=O)c2ccccc12. The van der Waals surface area contributed by atoms with Gasteiger partial charge in [0, 0.05) is 11.8 Å². The Morgan fingerprint density at radius 2 is 1.95 bits per heavy atom. The molecule has 3 rings (SSSR count). The quantitative estimate of drug-likeness (QED) is 0.890. The van der Waals surface area contributed by atoms with Gasteiger partial charge in [-0.3, -0.25) is 9.59 Å². The summed E-state index contributed by atoms with van der Waals surface area (Å²) < 4.78 is 0. The zero-order valence-electron chi connectivity index (χ0n) is 12.6. The molecule has 0 atom stereocenters. The second-order valence-corrected chi connectivity index (χ2v) is 6.01. The van der Waals surface area contributed by atoms with Crippen molar-refractivity contribution in [3.63, 3.8) is 0 Å². The van der Waals surface area contributed by atoms with Gasteiger partial charge in [0.25, 0.3) is 5.56 Å². The summed E-state index contributed by atoms with van der Waals surface area (Å²) >= 11 is 0. The van der Waals surface area contributed by atoms with Crippen LogP contribution in [0.15, 0.2) is 29.1 Å². The van der Waals surface area contributed by atoms with E-state index in [4.69, 9.17) is 0 Å². The van der Waals surface area contributed by atoms with Crippen molar-refractivity contribution in [1.29, 1.82) is 0 Å². The summed E-state index contributed by atoms with van der Waals surface area (Å²) in [5.74, 6) is 0.779. The Hall–Kier alpha value is -2.17. The molecule has 0 saturated heterocycles. The average molecular weight is 299 g/mol. The Kier molecular flexibility index (Phi) is 4.51. The van der Waals surface area contributed by atoms with Gasteiger partial charge < -0.3 is 5.32 Å². The van der Waals surface area contributed by atoms with Crippen LogP contribution >= 0.6 is 0 Å². The first kappa shape index (κ1) is 14.8. The number of carbonyl (C=O) groups excluding carboxylic acids is 1. The number of fused-ring (bicyclic) bond motifs is 1. The van der Waals surface area contributed by atoms with Crippen LogP contribution in [-0.4, -0.2) is 16.1 Å². The van der Waals surface area contributed by atoms with E-state index in [2.05, 4.69) is 15.5 Å². The molecule has 1 aromatic heterocycles. The van der Waals surface area contributed by atoms with E-state index in [1.54, 1.807) is 6.07 Å². The maximum absolute atomic E-state index is 12.0. The van der Waals surface area contributed by atoms with Gasteiger partial charge in [-0.05, 0) is 18.4 Å². The van der Waals surface area contributed by atoms with Crippen LogP contribution in [0.2, 0.25) is 0 Å². The van der Waals surface area contributed by atoms with E-state index < -0.39 is 0 Å². The fourth-order valence-corrected chi connectivity index (χ4v) is 3.21. The van der Waals surface area contributed by atoms with Crippen molar-refractivity contribution < 1.29 is 4.79 Å². The third-order valence-electron chi connectivity index (χ3n) is 4.48. The van der Waals surface area contributed by atoms with Crippen molar-refractivity contribution in [2.24, 2.45) is 5.92 Å². The summed E-state index contributed by atoms with van der Waals surface area (Å²) in [4.78, 5) is 23.7.